The predicted octanol–water partition coefficient (Wildman–Crippen LogP) is 5.39. The van der Waals surface area contributed by atoms with Crippen molar-refractivity contribution in [2.75, 3.05) is 7.11 Å². The standard InChI is InChI=1S/C27H24ClF4N5O3/c1-40-18-6-7-20(29)22(11-18)37-23-13-33-9-8-21(23)36(26(37)39)14-15-2-4-17(5-3-15)35-25(38)19-10-16(28)12-34-24(19)27(30,31)32/h6-13,15,17H,2-5,14H2,1H3,(H,35,38)/t15-,17-. The molecule has 0 aliphatic heterocycles. The van der Waals surface area contributed by atoms with Gasteiger partial charge >= 0.3 is 11.9 Å². The Morgan fingerprint density at radius 3 is 2.58 bits per heavy atom. The van der Waals surface area contributed by atoms with Gasteiger partial charge in [-0.3, -0.25) is 18.9 Å². The van der Waals surface area contributed by atoms with Crippen LogP contribution in [-0.2, 0) is 12.7 Å². The van der Waals surface area contributed by atoms with Crippen LogP contribution in [0, 0.1) is 11.7 Å². The Labute approximate surface area is 230 Å². The Kier molecular flexibility index (Phi) is 7.54. The van der Waals surface area contributed by atoms with Crippen LogP contribution in [0.25, 0.3) is 16.7 Å². The van der Waals surface area contributed by atoms with Gasteiger partial charge in [0.15, 0.2) is 5.69 Å². The fourth-order valence-corrected chi connectivity index (χ4v) is 5.31. The molecule has 3 heterocycles. The van der Waals surface area contributed by atoms with Crippen molar-refractivity contribution in [3.63, 3.8) is 0 Å². The second-order valence-electron chi connectivity index (χ2n) is 9.65. The highest BCUT2D eigenvalue weighted by Gasteiger charge is 2.38. The molecular formula is C27H24ClF4N5O3. The third-order valence-electron chi connectivity index (χ3n) is 7.12. The number of carbonyl (C=O) groups excluding carboxylic acids is 1. The summed E-state index contributed by atoms with van der Waals surface area (Å²) < 4.78 is 62.9. The molecule has 0 radical (unpaired) electrons. The van der Waals surface area contributed by atoms with Gasteiger partial charge in [-0.1, -0.05) is 11.6 Å². The molecule has 0 bridgehead atoms. The van der Waals surface area contributed by atoms with Crippen LogP contribution < -0.4 is 15.7 Å². The molecule has 0 saturated heterocycles. The number of alkyl halides is 3. The van der Waals surface area contributed by atoms with Crippen LogP contribution in [0.2, 0.25) is 5.02 Å². The average Bonchev–Trinajstić information content (AvgIpc) is 3.20. The van der Waals surface area contributed by atoms with Crippen molar-refractivity contribution < 1.29 is 27.1 Å². The summed E-state index contributed by atoms with van der Waals surface area (Å²) in [4.78, 5) is 33.7. The number of carbonyl (C=O) groups is 1. The first-order valence-electron chi connectivity index (χ1n) is 12.5. The number of rotatable bonds is 6. The maximum atomic E-state index is 14.8. The van der Waals surface area contributed by atoms with E-state index < -0.39 is 34.8 Å². The molecule has 0 spiro atoms. The number of fused-ring (bicyclic) bond motifs is 1. The number of nitrogens with zero attached hydrogens (tertiary/aromatic N) is 4. The summed E-state index contributed by atoms with van der Waals surface area (Å²) in [6.07, 6.45) is 1.34. The summed E-state index contributed by atoms with van der Waals surface area (Å²) in [6.45, 7) is 0.342. The van der Waals surface area contributed by atoms with Crippen molar-refractivity contribution in [2.24, 2.45) is 5.92 Å². The zero-order valence-corrected chi connectivity index (χ0v) is 22.0. The highest BCUT2D eigenvalue weighted by atomic mass is 35.5. The number of amides is 1. The molecule has 1 aliphatic carbocycles. The molecule has 1 aromatic carbocycles. The fraction of sp³-hybridized carbons (Fsp3) is 0.333. The molecule has 0 unspecified atom stereocenters. The first-order valence-corrected chi connectivity index (χ1v) is 12.9. The van der Waals surface area contributed by atoms with Gasteiger partial charge in [-0.25, -0.2) is 14.2 Å². The van der Waals surface area contributed by atoms with Crippen molar-refractivity contribution in [3.8, 4) is 11.4 Å². The topological polar surface area (TPSA) is 91.0 Å². The van der Waals surface area contributed by atoms with E-state index >= 15 is 0 Å². The second-order valence-corrected chi connectivity index (χ2v) is 10.1. The van der Waals surface area contributed by atoms with Crippen molar-refractivity contribution in [1.82, 2.24) is 24.4 Å². The number of imidazole rings is 1. The number of hydrogen-bond acceptors (Lipinski definition) is 5. The molecule has 210 valence electrons. The van der Waals surface area contributed by atoms with Crippen molar-refractivity contribution in [1.29, 1.82) is 0 Å². The van der Waals surface area contributed by atoms with Gasteiger partial charge in [-0.15, -0.1) is 0 Å². The molecule has 13 heteroatoms. The third kappa shape index (κ3) is 5.40. The number of nitrogens with one attached hydrogen (secondary N) is 1. The summed E-state index contributed by atoms with van der Waals surface area (Å²) >= 11 is 5.80. The molecule has 1 fully saturated rings. The Morgan fingerprint density at radius 1 is 1.12 bits per heavy atom. The van der Waals surface area contributed by atoms with Gasteiger partial charge in [0.1, 0.15) is 11.6 Å². The van der Waals surface area contributed by atoms with Gasteiger partial charge in [0.2, 0.25) is 0 Å². The zero-order chi connectivity index (χ0) is 28.6. The van der Waals surface area contributed by atoms with E-state index in [4.69, 9.17) is 16.3 Å². The number of halogens is 5. The van der Waals surface area contributed by atoms with Gasteiger partial charge < -0.3 is 10.1 Å². The van der Waals surface area contributed by atoms with Gasteiger partial charge in [0.25, 0.3) is 5.91 Å². The first-order chi connectivity index (χ1) is 19.1. The number of aromatic nitrogens is 4. The Balaban J connectivity index is 1.33. The van der Waals surface area contributed by atoms with Gasteiger partial charge in [0.05, 0.1) is 40.6 Å². The summed E-state index contributed by atoms with van der Waals surface area (Å²) in [5.41, 5.74) is -1.28. The van der Waals surface area contributed by atoms with Gasteiger partial charge in [-0.05, 0) is 55.9 Å². The smallest absolute Gasteiger partial charge is 0.434 e. The third-order valence-corrected chi connectivity index (χ3v) is 7.32. The molecule has 5 rings (SSSR count). The minimum atomic E-state index is -4.80. The molecule has 4 aromatic rings. The van der Waals surface area contributed by atoms with Crippen LogP contribution in [0.1, 0.15) is 41.7 Å². The first kappa shape index (κ1) is 27.6. The Morgan fingerprint density at radius 2 is 1.88 bits per heavy atom. The number of pyridine rings is 2. The van der Waals surface area contributed by atoms with Crippen LogP contribution in [0.4, 0.5) is 17.6 Å². The summed E-state index contributed by atoms with van der Waals surface area (Å²) in [5.74, 6) is -1.04. The van der Waals surface area contributed by atoms with E-state index in [0.717, 1.165) is 12.3 Å². The molecule has 1 N–H and O–H groups in total. The molecule has 8 nitrogen and oxygen atoms in total. The van der Waals surface area contributed by atoms with Crippen molar-refractivity contribution in [2.45, 2.75) is 44.4 Å². The predicted molar refractivity (Wildman–Crippen MR) is 139 cm³/mol. The van der Waals surface area contributed by atoms with Crippen LogP contribution in [0.5, 0.6) is 5.75 Å². The lowest BCUT2D eigenvalue weighted by atomic mass is 9.85. The minimum Gasteiger partial charge on any atom is -0.497 e. The maximum Gasteiger partial charge on any atom is 0.434 e. The lowest BCUT2D eigenvalue weighted by Crippen LogP contribution is -2.39. The lowest BCUT2D eigenvalue weighted by Gasteiger charge is -2.29. The molecule has 1 saturated carbocycles. The van der Waals surface area contributed by atoms with E-state index in [-0.39, 0.29) is 22.7 Å². The number of benzene rings is 1. The maximum absolute atomic E-state index is 14.8. The Bertz CT molecular complexity index is 1630. The van der Waals surface area contributed by atoms with Gasteiger partial charge in [-0.2, -0.15) is 13.2 Å². The van der Waals surface area contributed by atoms with E-state index in [0.29, 0.717) is 49.0 Å². The SMILES string of the molecule is COc1ccc(F)c(-n2c(=O)n(C[C@H]3CC[C@H](NC(=O)c4cc(Cl)cnc4C(F)(F)F)CC3)c3ccncc32)c1. The molecule has 1 amide bonds. The van der Waals surface area contributed by atoms with Crippen LogP contribution in [0.3, 0.4) is 0 Å². The highest BCUT2D eigenvalue weighted by molar-refractivity contribution is 6.30. The highest BCUT2D eigenvalue weighted by Crippen LogP contribution is 2.32. The monoisotopic (exact) mass is 577 g/mol. The summed E-state index contributed by atoms with van der Waals surface area (Å²) in [6, 6.07) is 6.44. The van der Waals surface area contributed by atoms with Crippen LogP contribution in [0.15, 0.2) is 53.7 Å². The lowest BCUT2D eigenvalue weighted by molar-refractivity contribution is -0.141. The van der Waals surface area contributed by atoms with E-state index in [1.165, 1.54) is 36.1 Å². The van der Waals surface area contributed by atoms with Crippen molar-refractivity contribution in [3.05, 3.63) is 81.5 Å². The second kappa shape index (κ2) is 10.9. The van der Waals surface area contributed by atoms with Gasteiger partial charge in [0, 0.05) is 31.0 Å². The quantitative estimate of drug-likeness (QED) is 0.310. The summed E-state index contributed by atoms with van der Waals surface area (Å²) in [7, 11) is 1.45. The van der Waals surface area contributed by atoms with E-state index in [1.807, 2.05) is 0 Å². The average molecular weight is 578 g/mol. The molecule has 40 heavy (non-hydrogen) atoms. The van der Waals surface area contributed by atoms with E-state index in [1.54, 1.807) is 16.8 Å². The number of methoxy groups -OCH3 is 1. The Hall–Kier alpha value is -3.93. The molecule has 3 aromatic heterocycles. The van der Waals surface area contributed by atoms with E-state index in [9.17, 15) is 27.2 Å². The zero-order valence-electron chi connectivity index (χ0n) is 21.2. The summed E-state index contributed by atoms with van der Waals surface area (Å²) in [5, 5.41) is 2.60. The number of hydrogen-bond donors (Lipinski definition) is 1. The van der Waals surface area contributed by atoms with Crippen LogP contribution >= 0.6 is 11.6 Å². The molecule has 1 aliphatic rings. The largest absolute Gasteiger partial charge is 0.497 e. The molecular weight excluding hydrogens is 554 g/mol. The van der Waals surface area contributed by atoms with E-state index in [2.05, 4.69) is 15.3 Å². The van der Waals surface area contributed by atoms with Crippen molar-refractivity contribution >= 4 is 28.5 Å². The normalized spacial score (nSPS) is 17.6. The fourth-order valence-electron chi connectivity index (χ4n) is 5.16. The minimum absolute atomic E-state index is 0.0428. The molecule has 0 atom stereocenters. The number of ether oxygens (including phenoxy) is 1. The van der Waals surface area contributed by atoms with Crippen LogP contribution in [-0.4, -0.2) is 38.2 Å².